The molecule has 1 aromatic heterocycles. The van der Waals surface area contributed by atoms with Gasteiger partial charge in [0.25, 0.3) is 0 Å². The monoisotopic (exact) mass is 200 g/mol. The Kier molecular flexibility index (Phi) is 3.39. The summed E-state index contributed by atoms with van der Waals surface area (Å²) >= 11 is 0. The van der Waals surface area contributed by atoms with Gasteiger partial charge < -0.3 is 0 Å². The SMILES string of the molecule is CCS(=O)(=O)NCc1ccncc1. The second-order valence-corrected chi connectivity index (χ2v) is 4.68. The third-order valence-electron chi connectivity index (χ3n) is 1.63. The smallest absolute Gasteiger partial charge is 0.211 e. The summed E-state index contributed by atoms with van der Waals surface area (Å²) in [4.78, 5) is 3.83. The number of nitrogens with one attached hydrogen (secondary N) is 1. The Hall–Kier alpha value is -0.940. The molecule has 0 amide bonds. The lowest BCUT2D eigenvalue weighted by molar-refractivity contribution is 0.582. The van der Waals surface area contributed by atoms with Crippen molar-refractivity contribution in [3.63, 3.8) is 0 Å². The third kappa shape index (κ3) is 3.52. The van der Waals surface area contributed by atoms with Gasteiger partial charge in [-0.1, -0.05) is 0 Å². The number of aromatic nitrogens is 1. The molecule has 1 aromatic rings. The maximum atomic E-state index is 11.0. The Morgan fingerprint density at radius 1 is 1.38 bits per heavy atom. The molecule has 13 heavy (non-hydrogen) atoms. The first kappa shape index (κ1) is 10.1. The highest BCUT2D eigenvalue weighted by Gasteiger charge is 2.04. The molecular formula is C8H12N2O2S. The average Bonchev–Trinajstić information content (AvgIpc) is 2.17. The molecule has 1 heterocycles. The zero-order valence-corrected chi connectivity index (χ0v) is 8.21. The number of nitrogens with zero attached hydrogens (tertiary/aromatic N) is 1. The summed E-state index contributed by atoms with van der Waals surface area (Å²) in [6, 6.07) is 3.55. The quantitative estimate of drug-likeness (QED) is 0.771. The van der Waals surface area contributed by atoms with Gasteiger partial charge in [-0.05, 0) is 24.6 Å². The standard InChI is InChI=1S/C8H12N2O2S/c1-2-13(11,12)10-7-8-3-5-9-6-4-8/h3-6,10H,2,7H2,1H3. The second-order valence-electron chi connectivity index (χ2n) is 2.58. The highest BCUT2D eigenvalue weighted by atomic mass is 32.2. The molecule has 0 aromatic carbocycles. The Balaban J connectivity index is 2.54. The fraction of sp³-hybridized carbons (Fsp3) is 0.375. The number of hydrogen-bond acceptors (Lipinski definition) is 3. The maximum absolute atomic E-state index is 11.0. The summed E-state index contributed by atoms with van der Waals surface area (Å²) in [5, 5.41) is 0. The number of hydrogen-bond donors (Lipinski definition) is 1. The van der Waals surface area contributed by atoms with E-state index in [-0.39, 0.29) is 5.75 Å². The van der Waals surface area contributed by atoms with Gasteiger partial charge in [-0.25, -0.2) is 13.1 Å². The molecule has 0 unspecified atom stereocenters. The van der Waals surface area contributed by atoms with Crippen LogP contribution in [0.15, 0.2) is 24.5 Å². The summed E-state index contributed by atoms with van der Waals surface area (Å²) in [5.74, 6) is 0.109. The van der Waals surface area contributed by atoms with E-state index in [0.717, 1.165) is 5.56 Å². The predicted molar refractivity (Wildman–Crippen MR) is 50.5 cm³/mol. The van der Waals surface area contributed by atoms with Crippen LogP contribution in [0.25, 0.3) is 0 Å². The molecule has 0 saturated heterocycles. The van der Waals surface area contributed by atoms with Crippen LogP contribution in [0.5, 0.6) is 0 Å². The van der Waals surface area contributed by atoms with Crippen molar-refractivity contribution in [2.45, 2.75) is 13.5 Å². The van der Waals surface area contributed by atoms with E-state index >= 15 is 0 Å². The van der Waals surface area contributed by atoms with Crippen molar-refractivity contribution in [3.05, 3.63) is 30.1 Å². The van der Waals surface area contributed by atoms with Crippen molar-refractivity contribution < 1.29 is 8.42 Å². The van der Waals surface area contributed by atoms with E-state index in [1.807, 2.05) is 0 Å². The van der Waals surface area contributed by atoms with Gasteiger partial charge in [0.1, 0.15) is 0 Å². The number of pyridine rings is 1. The third-order valence-corrected chi connectivity index (χ3v) is 2.97. The normalized spacial score (nSPS) is 11.5. The summed E-state index contributed by atoms with van der Waals surface area (Å²) in [6.07, 6.45) is 3.27. The summed E-state index contributed by atoms with van der Waals surface area (Å²) in [7, 11) is -3.09. The molecule has 0 aliphatic carbocycles. The summed E-state index contributed by atoms with van der Waals surface area (Å²) in [5.41, 5.74) is 0.909. The first-order valence-electron chi connectivity index (χ1n) is 4.00. The van der Waals surface area contributed by atoms with Gasteiger partial charge >= 0.3 is 0 Å². The molecule has 4 nitrogen and oxygen atoms in total. The van der Waals surface area contributed by atoms with Crippen molar-refractivity contribution >= 4 is 10.0 Å². The Labute approximate surface area is 78.1 Å². The van der Waals surface area contributed by atoms with Gasteiger partial charge in [0.15, 0.2) is 0 Å². The molecule has 1 N–H and O–H groups in total. The van der Waals surface area contributed by atoms with Gasteiger partial charge in [0, 0.05) is 18.9 Å². The molecule has 5 heteroatoms. The maximum Gasteiger partial charge on any atom is 0.211 e. The van der Waals surface area contributed by atoms with Crippen molar-refractivity contribution in [2.75, 3.05) is 5.75 Å². The van der Waals surface area contributed by atoms with Crippen molar-refractivity contribution in [3.8, 4) is 0 Å². The van der Waals surface area contributed by atoms with Gasteiger partial charge in [0.2, 0.25) is 10.0 Å². The lowest BCUT2D eigenvalue weighted by Gasteiger charge is -2.03. The van der Waals surface area contributed by atoms with Crippen LogP contribution in [0, 0.1) is 0 Å². The van der Waals surface area contributed by atoms with Crippen LogP contribution in [0.2, 0.25) is 0 Å². The van der Waals surface area contributed by atoms with Crippen molar-refractivity contribution in [2.24, 2.45) is 0 Å². The first-order valence-corrected chi connectivity index (χ1v) is 5.65. The number of sulfonamides is 1. The highest BCUT2D eigenvalue weighted by molar-refractivity contribution is 7.89. The molecule has 0 spiro atoms. The molecule has 0 aliphatic rings. The first-order chi connectivity index (χ1) is 6.14. The van der Waals surface area contributed by atoms with E-state index in [1.165, 1.54) is 0 Å². The highest BCUT2D eigenvalue weighted by Crippen LogP contribution is 1.96. The number of rotatable bonds is 4. The van der Waals surface area contributed by atoms with E-state index in [4.69, 9.17) is 0 Å². The van der Waals surface area contributed by atoms with E-state index < -0.39 is 10.0 Å². The van der Waals surface area contributed by atoms with E-state index in [2.05, 4.69) is 9.71 Å². The second kappa shape index (κ2) is 4.34. The fourth-order valence-corrected chi connectivity index (χ4v) is 1.39. The average molecular weight is 200 g/mol. The lowest BCUT2D eigenvalue weighted by atomic mass is 10.3. The zero-order valence-electron chi connectivity index (χ0n) is 7.40. The molecule has 0 atom stereocenters. The van der Waals surface area contributed by atoms with Crippen LogP contribution in [0.3, 0.4) is 0 Å². The molecule has 0 saturated carbocycles. The molecule has 0 fully saturated rings. The minimum Gasteiger partial charge on any atom is -0.265 e. The largest absolute Gasteiger partial charge is 0.265 e. The molecule has 72 valence electrons. The summed E-state index contributed by atoms with van der Waals surface area (Å²) in [6.45, 7) is 1.94. The Morgan fingerprint density at radius 3 is 2.54 bits per heavy atom. The van der Waals surface area contributed by atoms with E-state index in [0.29, 0.717) is 6.54 Å². The molecule has 0 aliphatic heterocycles. The zero-order chi connectivity index (χ0) is 9.73. The topological polar surface area (TPSA) is 59.1 Å². The van der Waals surface area contributed by atoms with Crippen LogP contribution in [-0.2, 0) is 16.6 Å². The van der Waals surface area contributed by atoms with Crippen LogP contribution in [0.1, 0.15) is 12.5 Å². The predicted octanol–water partition coefficient (Wildman–Crippen LogP) is 0.521. The van der Waals surface area contributed by atoms with Crippen LogP contribution < -0.4 is 4.72 Å². The van der Waals surface area contributed by atoms with Crippen LogP contribution >= 0.6 is 0 Å². The van der Waals surface area contributed by atoms with Crippen LogP contribution in [0.4, 0.5) is 0 Å². The van der Waals surface area contributed by atoms with Crippen molar-refractivity contribution in [1.29, 1.82) is 0 Å². The molecular weight excluding hydrogens is 188 g/mol. The van der Waals surface area contributed by atoms with Gasteiger partial charge in [-0.2, -0.15) is 0 Å². The Bertz CT molecular complexity index is 348. The Morgan fingerprint density at radius 2 is 2.00 bits per heavy atom. The van der Waals surface area contributed by atoms with Gasteiger partial charge in [-0.3, -0.25) is 4.98 Å². The lowest BCUT2D eigenvalue weighted by Crippen LogP contribution is -2.24. The molecule has 0 radical (unpaired) electrons. The van der Waals surface area contributed by atoms with Crippen molar-refractivity contribution in [1.82, 2.24) is 9.71 Å². The van der Waals surface area contributed by atoms with E-state index in [1.54, 1.807) is 31.5 Å². The minimum atomic E-state index is -3.09. The molecule has 1 rings (SSSR count). The minimum absolute atomic E-state index is 0.109. The van der Waals surface area contributed by atoms with E-state index in [9.17, 15) is 8.42 Å². The van der Waals surface area contributed by atoms with Gasteiger partial charge in [0.05, 0.1) is 5.75 Å². The van der Waals surface area contributed by atoms with Crippen LogP contribution in [-0.4, -0.2) is 19.2 Å². The van der Waals surface area contributed by atoms with Gasteiger partial charge in [-0.15, -0.1) is 0 Å². The summed E-state index contributed by atoms with van der Waals surface area (Å²) < 4.78 is 24.6. The molecule has 0 bridgehead atoms. The fourth-order valence-electron chi connectivity index (χ4n) is 0.796.